The number of aliphatic hydroxyl groups is 1. The number of rotatable bonds is 2. The molecule has 1 aromatic carbocycles. The molecular formula is C9H10ClFO. The summed E-state index contributed by atoms with van der Waals surface area (Å²) >= 11 is 5.44. The summed E-state index contributed by atoms with van der Waals surface area (Å²) in [4.78, 5) is 0. The number of halogens is 2. The van der Waals surface area contributed by atoms with Crippen LogP contribution in [-0.2, 0) is 0 Å². The molecule has 1 N–H and O–H groups in total. The van der Waals surface area contributed by atoms with E-state index in [2.05, 4.69) is 0 Å². The van der Waals surface area contributed by atoms with Crippen LogP contribution in [-0.4, -0.2) is 11.0 Å². The van der Waals surface area contributed by atoms with Crippen LogP contribution in [0.5, 0.6) is 0 Å². The zero-order valence-corrected chi connectivity index (χ0v) is 7.48. The van der Waals surface area contributed by atoms with Gasteiger partial charge in [0.15, 0.2) is 0 Å². The molecule has 0 aromatic heterocycles. The van der Waals surface area contributed by atoms with E-state index in [0.29, 0.717) is 5.56 Å². The van der Waals surface area contributed by atoms with Crippen LogP contribution in [0.15, 0.2) is 18.2 Å². The van der Waals surface area contributed by atoms with Gasteiger partial charge in [0.05, 0.1) is 12.0 Å². The van der Waals surface area contributed by atoms with Crippen molar-refractivity contribution in [3.05, 3.63) is 35.1 Å². The van der Waals surface area contributed by atoms with Gasteiger partial charge in [-0.2, -0.15) is 0 Å². The summed E-state index contributed by atoms with van der Waals surface area (Å²) in [6.07, 6.45) is -0.776. The Morgan fingerprint density at radius 3 is 2.83 bits per heavy atom. The van der Waals surface area contributed by atoms with Gasteiger partial charge in [-0.15, -0.1) is 11.6 Å². The first-order chi connectivity index (χ1) is 5.65. The molecule has 0 spiro atoms. The number of aryl methyl sites for hydroxylation is 1. The van der Waals surface area contributed by atoms with Gasteiger partial charge in [0.1, 0.15) is 5.82 Å². The summed E-state index contributed by atoms with van der Waals surface area (Å²) in [7, 11) is 0. The highest BCUT2D eigenvalue weighted by Gasteiger charge is 2.09. The third kappa shape index (κ3) is 1.96. The second kappa shape index (κ2) is 3.87. The maximum atomic E-state index is 12.7. The summed E-state index contributed by atoms with van der Waals surface area (Å²) < 4.78 is 12.7. The van der Waals surface area contributed by atoms with E-state index in [1.54, 1.807) is 6.07 Å². The molecule has 0 heterocycles. The van der Waals surface area contributed by atoms with E-state index >= 15 is 0 Å². The molecule has 0 radical (unpaired) electrons. The van der Waals surface area contributed by atoms with Crippen LogP contribution in [0, 0.1) is 12.7 Å². The number of hydrogen-bond acceptors (Lipinski definition) is 1. The van der Waals surface area contributed by atoms with E-state index in [9.17, 15) is 9.50 Å². The minimum atomic E-state index is -0.776. The zero-order chi connectivity index (χ0) is 9.14. The lowest BCUT2D eigenvalue weighted by molar-refractivity contribution is 0.201. The fraction of sp³-hybridized carbons (Fsp3) is 0.333. The Hall–Kier alpha value is -0.600. The Morgan fingerprint density at radius 1 is 1.58 bits per heavy atom. The van der Waals surface area contributed by atoms with Crippen LogP contribution in [0.2, 0.25) is 0 Å². The van der Waals surface area contributed by atoms with Gasteiger partial charge in [-0.25, -0.2) is 4.39 Å². The third-order valence-corrected chi connectivity index (χ3v) is 2.04. The van der Waals surface area contributed by atoms with Crippen LogP contribution in [0.3, 0.4) is 0 Å². The molecule has 0 saturated heterocycles. The molecule has 1 nitrogen and oxygen atoms in total. The van der Waals surface area contributed by atoms with Gasteiger partial charge >= 0.3 is 0 Å². The SMILES string of the molecule is Cc1ccc(F)cc1[C@H](O)CCl. The lowest BCUT2D eigenvalue weighted by Gasteiger charge is -2.09. The largest absolute Gasteiger partial charge is 0.387 e. The van der Waals surface area contributed by atoms with Crippen molar-refractivity contribution >= 4 is 11.6 Å². The van der Waals surface area contributed by atoms with Crippen LogP contribution in [0.1, 0.15) is 17.2 Å². The lowest BCUT2D eigenvalue weighted by Crippen LogP contribution is -2.01. The van der Waals surface area contributed by atoms with Crippen molar-refractivity contribution in [3.8, 4) is 0 Å². The molecule has 1 rings (SSSR count). The van der Waals surface area contributed by atoms with E-state index in [4.69, 9.17) is 11.6 Å². The Labute approximate surface area is 75.8 Å². The van der Waals surface area contributed by atoms with E-state index in [-0.39, 0.29) is 11.7 Å². The topological polar surface area (TPSA) is 20.2 Å². The van der Waals surface area contributed by atoms with E-state index in [1.165, 1.54) is 12.1 Å². The first-order valence-electron chi connectivity index (χ1n) is 3.65. The normalized spacial score (nSPS) is 13.0. The molecule has 66 valence electrons. The fourth-order valence-electron chi connectivity index (χ4n) is 1.05. The molecule has 0 saturated carbocycles. The van der Waals surface area contributed by atoms with Gasteiger partial charge in [-0.3, -0.25) is 0 Å². The van der Waals surface area contributed by atoms with Crippen LogP contribution in [0.4, 0.5) is 4.39 Å². The van der Waals surface area contributed by atoms with Crippen molar-refractivity contribution in [3.63, 3.8) is 0 Å². The Bertz CT molecular complexity index is 275. The van der Waals surface area contributed by atoms with E-state index in [1.807, 2.05) is 6.92 Å². The molecule has 0 fully saturated rings. The molecule has 3 heteroatoms. The maximum Gasteiger partial charge on any atom is 0.123 e. The third-order valence-electron chi connectivity index (χ3n) is 1.75. The molecule has 1 atom stereocenters. The summed E-state index contributed by atoms with van der Waals surface area (Å²) in [5.74, 6) is -0.260. The second-order valence-electron chi connectivity index (χ2n) is 2.67. The monoisotopic (exact) mass is 188 g/mol. The van der Waals surface area contributed by atoms with Gasteiger partial charge in [-0.1, -0.05) is 6.07 Å². The van der Waals surface area contributed by atoms with Crippen molar-refractivity contribution in [1.82, 2.24) is 0 Å². The molecule has 12 heavy (non-hydrogen) atoms. The van der Waals surface area contributed by atoms with E-state index < -0.39 is 6.10 Å². The first-order valence-corrected chi connectivity index (χ1v) is 4.18. The minimum Gasteiger partial charge on any atom is -0.387 e. The van der Waals surface area contributed by atoms with Gasteiger partial charge in [0.2, 0.25) is 0 Å². The smallest absolute Gasteiger partial charge is 0.123 e. The second-order valence-corrected chi connectivity index (χ2v) is 2.98. The van der Waals surface area contributed by atoms with Gasteiger partial charge < -0.3 is 5.11 Å². The summed E-state index contributed by atoms with van der Waals surface area (Å²) in [5.41, 5.74) is 1.41. The highest BCUT2D eigenvalue weighted by atomic mass is 35.5. The minimum absolute atomic E-state index is 0.0876. The standard InChI is InChI=1S/C9H10ClFO/c1-6-2-3-7(11)4-8(6)9(12)5-10/h2-4,9,12H,5H2,1H3/t9-/m1/s1. The Morgan fingerprint density at radius 2 is 2.25 bits per heavy atom. The van der Waals surface area contributed by atoms with Gasteiger partial charge in [-0.05, 0) is 30.2 Å². The predicted molar refractivity (Wildman–Crippen MR) is 46.8 cm³/mol. The fourth-order valence-corrected chi connectivity index (χ4v) is 1.22. The van der Waals surface area contributed by atoms with Gasteiger partial charge in [0.25, 0.3) is 0 Å². The molecule has 0 bridgehead atoms. The average molecular weight is 189 g/mol. The zero-order valence-electron chi connectivity index (χ0n) is 6.72. The Kier molecular flexibility index (Phi) is 3.06. The lowest BCUT2D eigenvalue weighted by atomic mass is 10.0. The number of hydrogen-bond donors (Lipinski definition) is 1. The van der Waals surface area contributed by atoms with Crippen LogP contribution < -0.4 is 0 Å². The molecular weight excluding hydrogens is 179 g/mol. The highest BCUT2D eigenvalue weighted by molar-refractivity contribution is 6.18. The van der Waals surface area contributed by atoms with Crippen molar-refractivity contribution in [2.45, 2.75) is 13.0 Å². The molecule has 0 aliphatic rings. The molecule has 0 aliphatic carbocycles. The average Bonchev–Trinajstić information content (AvgIpc) is 2.08. The molecule has 1 aromatic rings. The number of aliphatic hydroxyl groups excluding tert-OH is 1. The van der Waals surface area contributed by atoms with Crippen LogP contribution >= 0.6 is 11.6 Å². The van der Waals surface area contributed by atoms with Gasteiger partial charge in [0, 0.05) is 0 Å². The van der Waals surface area contributed by atoms with Crippen molar-refractivity contribution in [2.24, 2.45) is 0 Å². The number of alkyl halides is 1. The summed E-state index contributed by atoms with van der Waals surface area (Å²) in [6, 6.07) is 4.29. The van der Waals surface area contributed by atoms with E-state index in [0.717, 1.165) is 5.56 Å². The molecule has 0 amide bonds. The number of benzene rings is 1. The van der Waals surface area contributed by atoms with Crippen LogP contribution in [0.25, 0.3) is 0 Å². The van der Waals surface area contributed by atoms with Crippen molar-refractivity contribution in [1.29, 1.82) is 0 Å². The van der Waals surface area contributed by atoms with Crippen molar-refractivity contribution in [2.75, 3.05) is 5.88 Å². The van der Waals surface area contributed by atoms with Crippen molar-refractivity contribution < 1.29 is 9.50 Å². The quantitative estimate of drug-likeness (QED) is 0.707. The Balaban J connectivity index is 3.04. The predicted octanol–water partition coefficient (Wildman–Crippen LogP) is 2.41. The maximum absolute atomic E-state index is 12.7. The molecule has 0 unspecified atom stereocenters. The summed E-state index contributed by atoms with van der Waals surface area (Å²) in [6.45, 7) is 1.81. The summed E-state index contributed by atoms with van der Waals surface area (Å²) in [5, 5.41) is 9.34. The highest BCUT2D eigenvalue weighted by Crippen LogP contribution is 2.19. The first kappa shape index (κ1) is 9.49. The molecule has 0 aliphatic heterocycles.